The monoisotopic (exact) mass is 497 g/mol. The summed E-state index contributed by atoms with van der Waals surface area (Å²) in [6, 6.07) is 6.70. The smallest absolute Gasteiger partial charge is 0.416 e. The van der Waals surface area contributed by atoms with Crippen molar-refractivity contribution in [1.82, 2.24) is 0 Å². The Morgan fingerprint density at radius 3 is 1.65 bits per heavy atom. The maximum Gasteiger partial charge on any atom is 0.416 e. The highest BCUT2D eigenvalue weighted by molar-refractivity contribution is 5.89. The Hall–Kier alpha value is -3.48. The minimum Gasteiger partial charge on any atom is -0.478 e. The SMILES string of the molecule is N=CC(F)CC(O)COC(=O)c1ccc(C(F)(F)F)cc1.O=C(O)c1ccc(C(F)(F)F)cc1. The molecule has 2 atom stereocenters. The molecule has 0 aliphatic rings. The van der Waals surface area contributed by atoms with E-state index < -0.39 is 60.7 Å². The number of aliphatic hydroxyl groups excluding tert-OH is 1. The molecule has 2 aromatic carbocycles. The predicted octanol–water partition coefficient (Wildman–Crippen LogP) is 5.00. The molecule has 186 valence electrons. The highest BCUT2D eigenvalue weighted by Crippen LogP contribution is 2.30. The third-order valence-corrected chi connectivity index (χ3v) is 3.99. The molecule has 2 unspecified atom stereocenters. The van der Waals surface area contributed by atoms with Crippen LogP contribution in [0.25, 0.3) is 0 Å². The van der Waals surface area contributed by atoms with Gasteiger partial charge < -0.3 is 20.4 Å². The zero-order valence-corrected chi connectivity index (χ0v) is 17.0. The van der Waals surface area contributed by atoms with E-state index in [1.165, 1.54) is 0 Å². The number of rotatable bonds is 7. The zero-order chi connectivity index (χ0) is 26.1. The predicted molar refractivity (Wildman–Crippen MR) is 104 cm³/mol. The first-order chi connectivity index (χ1) is 15.6. The number of benzene rings is 2. The number of nitrogens with one attached hydrogen (secondary N) is 1. The van der Waals surface area contributed by atoms with Crippen LogP contribution in [0.5, 0.6) is 0 Å². The molecular weight excluding hydrogens is 479 g/mol. The second kappa shape index (κ2) is 12.1. The van der Waals surface area contributed by atoms with Gasteiger partial charge in [-0.15, -0.1) is 0 Å². The Morgan fingerprint density at radius 1 is 0.882 bits per heavy atom. The molecule has 2 rings (SSSR count). The van der Waals surface area contributed by atoms with Crippen LogP contribution < -0.4 is 0 Å². The van der Waals surface area contributed by atoms with Crippen LogP contribution in [-0.2, 0) is 17.1 Å². The maximum absolute atomic E-state index is 12.7. The van der Waals surface area contributed by atoms with Crippen molar-refractivity contribution in [3.8, 4) is 0 Å². The number of hydrogen-bond acceptors (Lipinski definition) is 5. The van der Waals surface area contributed by atoms with Gasteiger partial charge in [-0.1, -0.05) is 0 Å². The highest BCUT2D eigenvalue weighted by Gasteiger charge is 2.31. The van der Waals surface area contributed by atoms with Gasteiger partial charge in [-0.3, -0.25) is 0 Å². The number of aliphatic hydroxyl groups is 1. The average Bonchev–Trinajstić information content (AvgIpc) is 2.76. The van der Waals surface area contributed by atoms with Crippen LogP contribution in [-0.4, -0.2) is 47.2 Å². The Kier molecular flexibility index (Phi) is 10.2. The molecule has 0 heterocycles. The third kappa shape index (κ3) is 9.57. The van der Waals surface area contributed by atoms with Gasteiger partial charge in [0.25, 0.3) is 0 Å². The molecule has 34 heavy (non-hydrogen) atoms. The van der Waals surface area contributed by atoms with E-state index in [1.54, 1.807) is 0 Å². The fourth-order valence-electron chi connectivity index (χ4n) is 2.25. The molecule has 0 fully saturated rings. The number of carboxylic acid groups (broad SMARTS) is 1. The van der Waals surface area contributed by atoms with Gasteiger partial charge in [-0.25, -0.2) is 14.0 Å². The van der Waals surface area contributed by atoms with Gasteiger partial charge >= 0.3 is 24.3 Å². The summed E-state index contributed by atoms with van der Waals surface area (Å²) in [7, 11) is 0. The molecule has 6 nitrogen and oxygen atoms in total. The molecule has 0 saturated carbocycles. The number of hydrogen-bond donors (Lipinski definition) is 3. The Balaban J connectivity index is 0.000000380. The molecular formula is C21H18F7NO5. The number of carbonyl (C=O) groups is 2. The summed E-state index contributed by atoms with van der Waals surface area (Å²) < 4.78 is 90.3. The van der Waals surface area contributed by atoms with E-state index in [4.69, 9.17) is 10.5 Å². The van der Waals surface area contributed by atoms with E-state index >= 15 is 0 Å². The van der Waals surface area contributed by atoms with Gasteiger partial charge in [-0.05, 0) is 48.5 Å². The summed E-state index contributed by atoms with van der Waals surface area (Å²) in [6.45, 7) is -0.506. The van der Waals surface area contributed by atoms with E-state index in [9.17, 15) is 45.4 Å². The zero-order valence-electron chi connectivity index (χ0n) is 17.0. The fourth-order valence-corrected chi connectivity index (χ4v) is 2.25. The average molecular weight is 497 g/mol. The lowest BCUT2D eigenvalue weighted by atomic mass is 10.1. The number of esters is 1. The Labute approximate surface area is 188 Å². The first-order valence-corrected chi connectivity index (χ1v) is 9.22. The molecule has 0 aliphatic carbocycles. The van der Waals surface area contributed by atoms with Crippen molar-refractivity contribution in [1.29, 1.82) is 5.41 Å². The first-order valence-electron chi connectivity index (χ1n) is 9.22. The topological polar surface area (TPSA) is 108 Å². The van der Waals surface area contributed by atoms with E-state index in [1.807, 2.05) is 0 Å². The summed E-state index contributed by atoms with van der Waals surface area (Å²) in [5.74, 6) is -2.17. The van der Waals surface area contributed by atoms with Gasteiger partial charge in [0.1, 0.15) is 12.8 Å². The lowest BCUT2D eigenvalue weighted by Crippen LogP contribution is -2.23. The lowest BCUT2D eigenvalue weighted by molar-refractivity contribution is -0.138. The Bertz CT molecular complexity index is 957. The van der Waals surface area contributed by atoms with E-state index in [0.29, 0.717) is 6.21 Å². The molecule has 13 heteroatoms. The summed E-state index contributed by atoms with van der Waals surface area (Å²) in [6.07, 6.45) is -11.8. The maximum atomic E-state index is 12.7. The summed E-state index contributed by atoms with van der Waals surface area (Å²) >= 11 is 0. The molecule has 0 bridgehead atoms. The number of alkyl halides is 7. The van der Waals surface area contributed by atoms with Gasteiger partial charge in [0.2, 0.25) is 0 Å². The summed E-state index contributed by atoms with van der Waals surface area (Å²) in [4.78, 5) is 21.8. The molecule has 0 aromatic heterocycles. The van der Waals surface area contributed by atoms with Crippen molar-refractivity contribution >= 4 is 18.2 Å². The van der Waals surface area contributed by atoms with Crippen LogP contribution in [0, 0.1) is 5.41 Å². The highest BCUT2D eigenvalue weighted by atomic mass is 19.4. The van der Waals surface area contributed by atoms with Crippen LogP contribution in [0.4, 0.5) is 30.7 Å². The molecule has 0 saturated heterocycles. The minimum atomic E-state index is -4.50. The standard InChI is InChI=1S/C13H13F4NO3.C8H5F3O2/c14-10(6-18)5-11(19)7-21-12(20)8-1-3-9(4-2-8)13(15,16)17;9-8(10,11)6-3-1-5(2-4-6)7(12)13/h1-4,6,10-11,18-19H,5,7H2;1-4H,(H,12,13). The molecule has 0 aliphatic heterocycles. The second-order valence-electron chi connectivity index (χ2n) is 6.63. The van der Waals surface area contributed by atoms with Crippen molar-refractivity contribution in [3.05, 3.63) is 70.8 Å². The fraction of sp³-hybridized carbons (Fsp3) is 0.286. The summed E-state index contributed by atoms with van der Waals surface area (Å²) in [5.41, 5.74) is -2.02. The first kappa shape index (κ1) is 28.6. The van der Waals surface area contributed by atoms with Gasteiger partial charge in [0, 0.05) is 12.6 Å². The van der Waals surface area contributed by atoms with Crippen LogP contribution in [0.2, 0.25) is 0 Å². The van der Waals surface area contributed by atoms with Crippen molar-refractivity contribution in [3.63, 3.8) is 0 Å². The largest absolute Gasteiger partial charge is 0.478 e. The van der Waals surface area contributed by atoms with Crippen LogP contribution in [0.15, 0.2) is 48.5 Å². The molecule has 0 spiro atoms. The van der Waals surface area contributed by atoms with Crippen LogP contribution in [0.1, 0.15) is 38.3 Å². The van der Waals surface area contributed by atoms with Crippen LogP contribution in [0.3, 0.4) is 0 Å². The molecule has 3 N–H and O–H groups in total. The van der Waals surface area contributed by atoms with Gasteiger partial charge in [-0.2, -0.15) is 26.3 Å². The van der Waals surface area contributed by atoms with Crippen molar-refractivity contribution < 1.29 is 55.3 Å². The molecule has 0 amide bonds. The minimum absolute atomic E-state index is 0.112. The number of carboxylic acids is 1. The Morgan fingerprint density at radius 2 is 1.29 bits per heavy atom. The van der Waals surface area contributed by atoms with Crippen LogP contribution >= 0.6 is 0 Å². The lowest BCUT2D eigenvalue weighted by Gasteiger charge is -2.12. The van der Waals surface area contributed by atoms with Crippen molar-refractivity contribution in [2.24, 2.45) is 0 Å². The van der Waals surface area contributed by atoms with Crippen molar-refractivity contribution in [2.75, 3.05) is 6.61 Å². The molecule has 0 radical (unpaired) electrons. The van der Waals surface area contributed by atoms with Gasteiger partial charge in [0.15, 0.2) is 0 Å². The normalized spacial score (nSPS) is 13.2. The van der Waals surface area contributed by atoms with Gasteiger partial charge in [0.05, 0.1) is 28.4 Å². The molecule has 2 aromatic rings. The van der Waals surface area contributed by atoms with E-state index in [0.717, 1.165) is 48.5 Å². The number of ether oxygens (including phenoxy) is 1. The van der Waals surface area contributed by atoms with E-state index in [-0.39, 0.29) is 11.1 Å². The number of halogens is 7. The second-order valence-corrected chi connectivity index (χ2v) is 6.63. The van der Waals surface area contributed by atoms with Crippen molar-refractivity contribution in [2.45, 2.75) is 31.0 Å². The number of aromatic carboxylic acids is 1. The quantitative estimate of drug-likeness (QED) is 0.283. The summed E-state index contributed by atoms with van der Waals surface area (Å²) in [5, 5.41) is 24.3. The third-order valence-electron chi connectivity index (χ3n) is 3.99. The number of carbonyl (C=O) groups excluding carboxylic acids is 1. The van der Waals surface area contributed by atoms with E-state index in [2.05, 4.69) is 4.74 Å².